The number of benzene rings is 1. The predicted molar refractivity (Wildman–Crippen MR) is 73.0 cm³/mol. The smallest absolute Gasteiger partial charge is 0.337 e. The van der Waals surface area contributed by atoms with E-state index in [0.29, 0.717) is 6.42 Å². The van der Waals surface area contributed by atoms with E-state index in [0.717, 1.165) is 12.5 Å². The summed E-state index contributed by atoms with van der Waals surface area (Å²) < 4.78 is 13.6. The van der Waals surface area contributed by atoms with Crippen LogP contribution in [0.5, 0.6) is 0 Å². The molecule has 0 aliphatic rings. The Kier molecular flexibility index (Phi) is 5.54. The molecule has 0 bridgehead atoms. The number of para-hydroxylation sites is 1. The van der Waals surface area contributed by atoms with Crippen molar-refractivity contribution in [2.45, 2.75) is 25.8 Å². The molecule has 0 radical (unpaired) electrons. The summed E-state index contributed by atoms with van der Waals surface area (Å²) in [6.07, 6.45) is 6.60. The first-order valence-corrected chi connectivity index (χ1v) is 6.05. The molecule has 1 aromatic rings. The topological polar surface area (TPSA) is 78.4 Å². The Hall–Kier alpha value is -2.55. The minimum absolute atomic E-state index is 0.326. The fraction of sp³-hybridized carbons (Fsp3) is 0.286. The van der Waals surface area contributed by atoms with Crippen molar-refractivity contribution in [2.24, 2.45) is 0 Å². The second-order valence-corrected chi connectivity index (χ2v) is 4.07. The highest BCUT2D eigenvalue weighted by Crippen LogP contribution is 2.19. The third-order valence-corrected chi connectivity index (χ3v) is 2.57. The van der Waals surface area contributed by atoms with Gasteiger partial charge >= 0.3 is 12.0 Å². The van der Waals surface area contributed by atoms with Gasteiger partial charge in [0.25, 0.3) is 0 Å². The SMILES string of the molecule is C#CC(CCC)NC(=O)Nc1c(F)cccc1C(=O)O. The largest absolute Gasteiger partial charge is 0.478 e. The fourth-order valence-electron chi connectivity index (χ4n) is 1.62. The van der Waals surface area contributed by atoms with Gasteiger partial charge in [0.15, 0.2) is 0 Å². The Balaban J connectivity index is 2.86. The third kappa shape index (κ3) is 3.99. The van der Waals surface area contributed by atoms with Gasteiger partial charge in [-0.15, -0.1) is 6.42 Å². The number of carbonyl (C=O) groups excluding carboxylic acids is 1. The molecular weight excluding hydrogens is 263 g/mol. The number of halogens is 1. The number of terminal acetylenes is 1. The van der Waals surface area contributed by atoms with E-state index < -0.39 is 23.9 Å². The number of amides is 2. The molecule has 0 saturated carbocycles. The molecule has 1 unspecified atom stereocenters. The first kappa shape index (κ1) is 15.5. The molecular formula is C14H15FN2O3. The molecule has 6 heteroatoms. The van der Waals surface area contributed by atoms with Crippen LogP contribution in [0.2, 0.25) is 0 Å². The van der Waals surface area contributed by atoms with Gasteiger partial charge in [0.1, 0.15) is 5.82 Å². The van der Waals surface area contributed by atoms with Crippen molar-refractivity contribution in [1.29, 1.82) is 0 Å². The van der Waals surface area contributed by atoms with Gasteiger partial charge in [-0.1, -0.05) is 25.3 Å². The molecule has 0 spiro atoms. The maximum atomic E-state index is 13.6. The van der Waals surface area contributed by atoms with Gasteiger partial charge in [0.2, 0.25) is 0 Å². The Labute approximate surface area is 116 Å². The number of carboxylic acid groups (broad SMARTS) is 1. The Morgan fingerprint density at radius 3 is 2.75 bits per heavy atom. The lowest BCUT2D eigenvalue weighted by molar-refractivity contribution is 0.0697. The number of anilines is 1. The van der Waals surface area contributed by atoms with Crippen LogP contribution in [0.25, 0.3) is 0 Å². The monoisotopic (exact) mass is 278 g/mol. The summed E-state index contributed by atoms with van der Waals surface area (Å²) >= 11 is 0. The minimum Gasteiger partial charge on any atom is -0.478 e. The molecule has 0 aliphatic carbocycles. The Morgan fingerprint density at radius 2 is 2.20 bits per heavy atom. The van der Waals surface area contributed by atoms with Crippen LogP contribution in [-0.4, -0.2) is 23.1 Å². The van der Waals surface area contributed by atoms with Crippen LogP contribution in [0.4, 0.5) is 14.9 Å². The molecule has 106 valence electrons. The summed E-state index contributed by atoms with van der Waals surface area (Å²) in [6.45, 7) is 1.91. The van der Waals surface area contributed by atoms with Crippen LogP contribution in [0, 0.1) is 18.2 Å². The molecule has 1 rings (SSSR count). The zero-order valence-electron chi connectivity index (χ0n) is 10.9. The summed E-state index contributed by atoms with van der Waals surface area (Å²) in [5.74, 6) is 0.232. The van der Waals surface area contributed by atoms with Crippen molar-refractivity contribution in [3.05, 3.63) is 29.6 Å². The normalized spacial score (nSPS) is 11.2. The molecule has 20 heavy (non-hydrogen) atoms. The second kappa shape index (κ2) is 7.14. The maximum absolute atomic E-state index is 13.6. The molecule has 0 saturated heterocycles. The molecule has 0 aromatic heterocycles. The van der Waals surface area contributed by atoms with E-state index in [2.05, 4.69) is 16.6 Å². The van der Waals surface area contributed by atoms with E-state index in [-0.39, 0.29) is 11.3 Å². The number of nitrogens with one attached hydrogen (secondary N) is 2. The lowest BCUT2D eigenvalue weighted by Gasteiger charge is -2.14. The van der Waals surface area contributed by atoms with Crippen molar-refractivity contribution in [3.8, 4) is 12.3 Å². The van der Waals surface area contributed by atoms with Gasteiger partial charge in [0, 0.05) is 0 Å². The van der Waals surface area contributed by atoms with Crippen molar-refractivity contribution in [2.75, 3.05) is 5.32 Å². The summed E-state index contributed by atoms with van der Waals surface area (Å²) in [5.41, 5.74) is -0.710. The standard InChI is InChI=1S/C14H15FN2O3/c1-3-6-9(4-2)16-14(20)17-12-10(13(18)19)7-5-8-11(12)15/h2,5,7-9H,3,6H2,1H3,(H,18,19)(H2,16,17,20). The number of carbonyl (C=O) groups is 2. The minimum atomic E-state index is -1.33. The average molecular weight is 278 g/mol. The molecule has 1 atom stereocenters. The van der Waals surface area contributed by atoms with Crippen LogP contribution in [0.1, 0.15) is 30.1 Å². The van der Waals surface area contributed by atoms with Crippen LogP contribution in [0.15, 0.2) is 18.2 Å². The van der Waals surface area contributed by atoms with Crippen LogP contribution < -0.4 is 10.6 Å². The maximum Gasteiger partial charge on any atom is 0.337 e. The molecule has 0 aliphatic heterocycles. The zero-order valence-corrected chi connectivity index (χ0v) is 10.9. The second-order valence-electron chi connectivity index (χ2n) is 4.07. The Bertz CT molecular complexity index is 552. The van der Waals surface area contributed by atoms with E-state index >= 15 is 0 Å². The highest BCUT2D eigenvalue weighted by atomic mass is 19.1. The van der Waals surface area contributed by atoms with Crippen molar-refractivity contribution in [3.63, 3.8) is 0 Å². The van der Waals surface area contributed by atoms with E-state index in [1.54, 1.807) is 0 Å². The van der Waals surface area contributed by atoms with E-state index in [4.69, 9.17) is 11.5 Å². The molecule has 2 amide bonds. The number of rotatable bonds is 5. The van der Waals surface area contributed by atoms with Gasteiger partial charge in [-0.05, 0) is 18.6 Å². The summed E-state index contributed by atoms with van der Waals surface area (Å²) in [7, 11) is 0. The molecule has 3 N–H and O–H groups in total. The van der Waals surface area contributed by atoms with E-state index in [9.17, 15) is 14.0 Å². The number of urea groups is 1. The number of hydrogen-bond donors (Lipinski definition) is 3. The average Bonchev–Trinajstić information content (AvgIpc) is 2.40. The summed E-state index contributed by atoms with van der Waals surface area (Å²) in [5, 5.41) is 13.6. The van der Waals surface area contributed by atoms with Crippen molar-refractivity contribution >= 4 is 17.7 Å². The molecule has 0 heterocycles. The molecule has 5 nitrogen and oxygen atoms in total. The highest BCUT2D eigenvalue weighted by molar-refractivity contribution is 6.00. The van der Waals surface area contributed by atoms with Gasteiger partial charge in [0.05, 0.1) is 17.3 Å². The molecule has 1 aromatic carbocycles. The van der Waals surface area contributed by atoms with Gasteiger partial charge in [-0.3, -0.25) is 0 Å². The highest BCUT2D eigenvalue weighted by Gasteiger charge is 2.17. The first-order chi connectivity index (χ1) is 9.49. The van der Waals surface area contributed by atoms with Crippen molar-refractivity contribution < 1.29 is 19.1 Å². The number of carboxylic acids is 1. The lowest BCUT2D eigenvalue weighted by atomic mass is 10.1. The van der Waals surface area contributed by atoms with E-state index in [1.807, 2.05) is 6.92 Å². The summed E-state index contributed by atoms with van der Waals surface area (Å²) in [4.78, 5) is 22.7. The van der Waals surface area contributed by atoms with Crippen LogP contribution in [-0.2, 0) is 0 Å². The molecule has 0 fully saturated rings. The van der Waals surface area contributed by atoms with E-state index in [1.165, 1.54) is 12.1 Å². The zero-order chi connectivity index (χ0) is 15.1. The van der Waals surface area contributed by atoms with Gasteiger partial charge in [-0.25, -0.2) is 14.0 Å². The quantitative estimate of drug-likeness (QED) is 0.724. The predicted octanol–water partition coefficient (Wildman–Crippen LogP) is 2.45. The third-order valence-electron chi connectivity index (χ3n) is 2.57. The lowest BCUT2D eigenvalue weighted by Crippen LogP contribution is -2.37. The van der Waals surface area contributed by atoms with Gasteiger partial charge < -0.3 is 15.7 Å². The van der Waals surface area contributed by atoms with Crippen LogP contribution >= 0.6 is 0 Å². The Morgan fingerprint density at radius 1 is 1.50 bits per heavy atom. The van der Waals surface area contributed by atoms with Gasteiger partial charge in [-0.2, -0.15) is 0 Å². The fourth-order valence-corrected chi connectivity index (χ4v) is 1.62. The summed E-state index contributed by atoms with van der Waals surface area (Å²) in [6, 6.07) is 2.29. The first-order valence-electron chi connectivity index (χ1n) is 6.05. The van der Waals surface area contributed by atoms with Crippen molar-refractivity contribution in [1.82, 2.24) is 5.32 Å². The number of aromatic carboxylic acids is 1. The number of hydrogen-bond acceptors (Lipinski definition) is 2. The van der Waals surface area contributed by atoms with Crippen LogP contribution in [0.3, 0.4) is 0 Å².